The maximum Gasteiger partial charge on any atom is -0.0162 e. The van der Waals surface area contributed by atoms with Gasteiger partial charge in [0.05, 0.1) is 0 Å². The minimum absolute atomic E-state index is 0.840. The summed E-state index contributed by atoms with van der Waals surface area (Å²) in [6, 6.07) is 37.3. The quantitative estimate of drug-likeness (QED) is 0.0871. The lowest BCUT2D eigenvalue weighted by Gasteiger charge is -2.38. The van der Waals surface area contributed by atoms with Crippen LogP contribution in [0.1, 0.15) is 366 Å². The fourth-order valence-electron chi connectivity index (χ4n) is 20.5. The molecule has 12 rings (SSSR count). The Morgan fingerprint density at radius 2 is 0.422 bits per heavy atom. The first-order valence-electron chi connectivity index (χ1n) is 40.3. The van der Waals surface area contributed by atoms with Gasteiger partial charge in [0.25, 0.3) is 0 Å². The molecule has 8 aliphatic rings. The molecule has 0 spiro atoms. The van der Waals surface area contributed by atoms with Gasteiger partial charge in [-0.3, -0.25) is 0 Å². The second-order valence-electron chi connectivity index (χ2n) is 33.0. The van der Waals surface area contributed by atoms with Crippen LogP contribution in [0.3, 0.4) is 0 Å². The minimum atomic E-state index is 0.840. The summed E-state index contributed by atoms with van der Waals surface area (Å²) in [4.78, 5) is 0. The molecular formula is C90H140. The smallest absolute Gasteiger partial charge is 0.0162 e. The fourth-order valence-corrected chi connectivity index (χ4v) is 20.5. The largest absolute Gasteiger partial charge is 0.0654 e. The molecule has 0 nitrogen and oxygen atoms in total. The van der Waals surface area contributed by atoms with Crippen molar-refractivity contribution in [2.24, 2.45) is 71.0 Å². The van der Waals surface area contributed by atoms with Gasteiger partial charge in [0.2, 0.25) is 0 Å². The summed E-state index contributed by atoms with van der Waals surface area (Å²) < 4.78 is 0. The summed E-state index contributed by atoms with van der Waals surface area (Å²) in [7, 11) is 0. The van der Waals surface area contributed by atoms with E-state index in [1.807, 2.05) is 0 Å². The van der Waals surface area contributed by atoms with E-state index in [2.05, 4.69) is 152 Å². The van der Waals surface area contributed by atoms with E-state index < -0.39 is 0 Å². The van der Waals surface area contributed by atoms with Crippen molar-refractivity contribution in [3.05, 3.63) is 142 Å². The Labute approximate surface area is 558 Å². The Morgan fingerprint density at radius 3 is 0.644 bits per heavy atom. The highest BCUT2D eigenvalue weighted by Crippen LogP contribution is 2.49. The molecule has 8 saturated carbocycles. The Hall–Kier alpha value is -3.12. The average Bonchev–Trinajstić information content (AvgIpc) is 3.66. The molecule has 0 aromatic heterocycles. The average molecular weight is 1220 g/mol. The predicted octanol–water partition coefficient (Wildman–Crippen LogP) is 28.3. The van der Waals surface area contributed by atoms with Gasteiger partial charge in [-0.05, 0) is 299 Å². The Balaban J connectivity index is 0.000000142. The van der Waals surface area contributed by atoms with Crippen LogP contribution in [-0.4, -0.2) is 0 Å². The molecule has 4 aromatic carbocycles. The molecule has 8 fully saturated rings. The van der Waals surface area contributed by atoms with Gasteiger partial charge in [0.15, 0.2) is 0 Å². The summed E-state index contributed by atoms with van der Waals surface area (Å²) in [5.41, 5.74) is 11.9. The van der Waals surface area contributed by atoms with Crippen LogP contribution in [0.4, 0.5) is 0 Å². The second-order valence-corrected chi connectivity index (χ2v) is 33.0. The molecule has 0 atom stereocenters. The number of hydrogen-bond donors (Lipinski definition) is 0. The summed E-state index contributed by atoms with van der Waals surface area (Å²) >= 11 is 0. The monoisotopic (exact) mass is 1220 g/mol. The summed E-state index contributed by atoms with van der Waals surface area (Å²) in [5, 5.41) is 0. The van der Waals surface area contributed by atoms with Gasteiger partial charge in [-0.25, -0.2) is 0 Å². The molecule has 0 unspecified atom stereocenters. The maximum atomic E-state index is 2.38. The number of rotatable bonds is 18. The van der Waals surface area contributed by atoms with Crippen molar-refractivity contribution >= 4 is 0 Å². The third-order valence-corrected chi connectivity index (χ3v) is 27.0. The highest BCUT2D eigenvalue weighted by atomic mass is 14.4. The summed E-state index contributed by atoms with van der Waals surface area (Å²) in [5.74, 6) is 16.0. The van der Waals surface area contributed by atoms with E-state index in [1.54, 1.807) is 22.3 Å². The standard InChI is InChI=1S/C24H38.C23H36.C22H34.C21H32/c1-3-4-5-6-20-9-13-22(14-10-20)24-17-15-23(16-18-24)21-11-7-19(2)8-12-21;1-3-4-5-19-8-12-21(13-9-19)23-16-14-22(15-17-23)20-10-6-18(2)7-11-20;1-3-4-18-7-11-20(12-8-18)22-15-13-21(14-16-22)19-9-5-17(2)6-10-19;1-3-17-6-10-19(11-7-17)21-14-12-20(13-15-21)18-8-4-16(2)5-9-18/h7-8,11-12,20,22-24H,3-6,9-10,13-18H2,1-2H3;6-7,10-11,19,21-23H,3-5,8-9,12-17H2,1-2H3;5-6,9-10,18,20-22H,3-4,7-8,11-16H2,1-2H3;4-5,8-9,17,19-21H,3,6-7,10-15H2,1-2H3. The van der Waals surface area contributed by atoms with Crippen LogP contribution in [0.15, 0.2) is 97.1 Å². The Morgan fingerprint density at radius 1 is 0.211 bits per heavy atom. The van der Waals surface area contributed by atoms with Gasteiger partial charge < -0.3 is 0 Å². The van der Waals surface area contributed by atoms with Gasteiger partial charge in [-0.1, -0.05) is 263 Å². The first-order valence-corrected chi connectivity index (χ1v) is 40.3. The van der Waals surface area contributed by atoms with Crippen LogP contribution in [0.2, 0.25) is 0 Å². The molecule has 4 aromatic rings. The van der Waals surface area contributed by atoms with E-state index >= 15 is 0 Å². The molecule has 500 valence electrons. The van der Waals surface area contributed by atoms with E-state index in [1.165, 1.54) is 292 Å². The van der Waals surface area contributed by atoms with Crippen molar-refractivity contribution in [1.29, 1.82) is 0 Å². The zero-order valence-corrected chi connectivity index (χ0v) is 60.2. The minimum Gasteiger partial charge on any atom is -0.0654 e. The van der Waals surface area contributed by atoms with Crippen molar-refractivity contribution in [3.8, 4) is 0 Å². The lowest BCUT2D eigenvalue weighted by atomic mass is 9.68. The van der Waals surface area contributed by atoms with Crippen molar-refractivity contribution in [2.75, 3.05) is 0 Å². The number of aryl methyl sites for hydroxylation is 4. The summed E-state index contributed by atoms with van der Waals surface area (Å²) in [6.07, 6.45) is 62.3. The normalized spacial score (nSPS) is 32.4. The van der Waals surface area contributed by atoms with Gasteiger partial charge in [0, 0.05) is 0 Å². The number of hydrogen-bond acceptors (Lipinski definition) is 0. The lowest BCUT2D eigenvalue weighted by Crippen LogP contribution is -2.25. The topological polar surface area (TPSA) is 0 Å². The van der Waals surface area contributed by atoms with Crippen LogP contribution in [0, 0.1) is 98.7 Å². The van der Waals surface area contributed by atoms with Crippen molar-refractivity contribution in [2.45, 2.75) is 349 Å². The van der Waals surface area contributed by atoms with Gasteiger partial charge in [-0.2, -0.15) is 0 Å². The molecule has 8 aliphatic carbocycles. The van der Waals surface area contributed by atoms with E-state index in [9.17, 15) is 0 Å². The Kier molecular flexibility index (Phi) is 30.4. The van der Waals surface area contributed by atoms with Gasteiger partial charge in [-0.15, -0.1) is 0 Å². The molecule has 0 heterocycles. The van der Waals surface area contributed by atoms with E-state index in [0.29, 0.717) is 0 Å². The van der Waals surface area contributed by atoms with Crippen LogP contribution >= 0.6 is 0 Å². The molecule has 90 heavy (non-hydrogen) atoms. The van der Waals surface area contributed by atoms with Gasteiger partial charge in [0.1, 0.15) is 0 Å². The maximum absolute atomic E-state index is 2.38. The third kappa shape index (κ3) is 22.5. The second kappa shape index (κ2) is 38.4. The molecule has 0 heteroatoms. The van der Waals surface area contributed by atoms with E-state index in [-0.39, 0.29) is 0 Å². The molecule has 0 radical (unpaired) electrons. The highest BCUT2D eigenvalue weighted by molar-refractivity contribution is 5.28. The molecule has 0 N–H and O–H groups in total. The van der Waals surface area contributed by atoms with Crippen molar-refractivity contribution in [1.82, 2.24) is 0 Å². The summed E-state index contributed by atoms with van der Waals surface area (Å²) in [6.45, 7) is 18.1. The zero-order chi connectivity index (χ0) is 62.9. The molecule has 0 bridgehead atoms. The zero-order valence-electron chi connectivity index (χ0n) is 60.2. The van der Waals surface area contributed by atoms with Crippen LogP contribution in [0.5, 0.6) is 0 Å². The van der Waals surface area contributed by atoms with E-state index in [0.717, 1.165) is 94.7 Å². The van der Waals surface area contributed by atoms with E-state index in [4.69, 9.17) is 0 Å². The highest BCUT2D eigenvalue weighted by Gasteiger charge is 2.35. The number of unbranched alkanes of at least 4 members (excludes halogenated alkanes) is 3. The SMILES string of the molecule is CCC1CCC(C2CCC(c3ccc(C)cc3)CC2)CC1.CCCC1CCC(C2CCC(c3ccc(C)cc3)CC2)CC1.CCCCC1CCC(C2CCC(c3ccc(C)cc3)CC2)CC1.CCCCCC1CCC(C2CCC(c3ccc(C)cc3)CC2)CC1. The molecule has 0 amide bonds. The Bertz CT molecular complexity index is 2450. The predicted molar refractivity (Wildman–Crippen MR) is 394 cm³/mol. The fraction of sp³-hybridized carbons (Fsp3) is 0.733. The lowest BCUT2D eigenvalue weighted by molar-refractivity contribution is 0.155. The first kappa shape index (κ1) is 71.2. The first-order chi connectivity index (χ1) is 44.0. The molecular weight excluding hydrogens is 1080 g/mol. The molecule has 0 saturated heterocycles. The van der Waals surface area contributed by atoms with Crippen LogP contribution < -0.4 is 0 Å². The molecule has 0 aliphatic heterocycles. The van der Waals surface area contributed by atoms with Crippen LogP contribution in [-0.2, 0) is 0 Å². The van der Waals surface area contributed by atoms with Gasteiger partial charge >= 0.3 is 0 Å². The van der Waals surface area contributed by atoms with Crippen molar-refractivity contribution < 1.29 is 0 Å². The number of benzene rings is 4. The van der Waals surface area contributed by atoms with Crippen molar-refractivity contribution in [3.63, 3.8) is 0 Å². The van der Waals surface area contributed by atoms with Crippen LogP contribution in [0.25, 0.3) is 0 Å². The third-order valence-electron chi connectivity index (χ3n) is 27.0.